The molecule has 1 fully saturated rings. The second-order valence-electron chi connectivity index (χ2n) is 5.84. The number of hydrogen-bond donors (Lipinski definition) is 1. The molecule has 0 unspecified atom stereocenters. The molecule has 0 aromatic heterocycles. The van der Waals surface area contributed by atoms with Crippen molar-refractivity contribution < 1.29 is 19.5 Å². The van der Waals surface area contributed by atoms with Crippen LogP contribution in [0.5, 0.6) is 0 Å². The SMILES string of the molecule is CN(C)C(=O)N(C)C(=O)N1CCN(c2ccc(C(=O)O)cc2)CC1. The second kappa shape index (κ2) is 7.20. The predicted octanol–water partition coefficient (Wildman–Crippen LogP) is 1.24. The molecule has 4 amide bonds. The van der Waals surface area contributed by atoms with Crippen LogP contribution in [0.25, 0.3) is 0 Å². The lowest BCUT2D eigenvalue weighted by atomic mass is 10.2. The Morgan fingerprint density at radius 2 is 1.50 bits per heavy atom. The van der Waals surface area contributed by atoms with Crippen molar-refractivity contribution >= 4 is 23.7 Å². The molecule has 1 N–H and O–H groups in total. The lowest BCUT2D eigenvalue weighted by molar-refractivity contribution is 0.0696. The third-order valence-corrected chi connectivity index (χ3v) is 3.99. The summed E-state index contributed by atoms with van der Waals surface area (Å²) in [6, 6.07) is 6.00. The smallest absolute Gasteiger partial charge is 0.335 e. The summed E-state index contributed by atoms with van der Waals surface area (Å²) in [5.74, 6) is -0.953. The van der Waals surface area contributed by atoms with E-state index in [1.54, 1.807) is 43.3 Å². The maximum absolute atomic E-state index is 12.3. The van der Waals surface area contributed by atoms with E-state index in [-0.39, 0.29) is 17.6 Å². The molecule has 2 rings (SSSR count). The standard InChI is InChI=1S/C16H22N4O4/c1-17(2)15(23)18(3)16(24)20-10-8-19(9-11-20)13-6-4-12(5-7-13)14(21)22/h4-7H,8-11H2,1-3H3,(H,21,22). The Morgan fingerprint density at radius 3 is 1.96 bits per heavy atom. The number of amides is 4. The topological polar surface area (TPSA) is 84.4 Å². The monoisotopic (exact) mass is 334 g/mol. The lowest BCUT2D eigenvalue weighted by Gasteiger charge is -2.37. The molecule has 0 radical (unpaired) electrons. The van der Waals surface area contributed by atoms with Crippen molar-refractivity contribution in [3.8, 4) is 0 Å². The zero-order chi connectivity index (χ0) is 17.9. The average Bonchev–Trinajstić information content (AvgIpc) is 2.60. The van der Waals surface area contributed by atoms with Crippen molar-refractivity contribution in [3.05, 3.63) is 29.8 Å². The number of aromatic carboxylic acids is 1. The lowest BCUT2D eigenvalue weighted by Crippen LogP contribution is -2.54. The third-order valence-electron chi connectivity index (χ3n) is 3.99. The maximum atomic E-state index is 12.3. The van der Waals surface area contributed by atoms with Gasteiger partial charge in [0.2, 0.25) is 0 Å². The zero-order valence-corrected chi connectivity index (χ0v) is 14.1. The van der Waals surface area contributed by atoms with Crippen LogP contribution in [0, 0.1) is 0 Å². The summed E-state index contributed by atoms with van der Waals surface area (Å²) in [5.41, 5.74) is 1.17. The van der Waals surface area contributed by atoms with Gasteiger partial charge in [0.05, 0.1) is 5.56 Å². The van der Waals surface area contributed by atoms with Gasteiger partial charge in [-0.15, -0.1) is 0 Å². The molecule has 8 heteroatoms. The molecule has 1 aromatic carbocycles. The van der Waals surface area contributed by atoms with Gasteiger partial charge in [-0.05, 0) is 24.3 Å². The molecule has 1 saturated heterocycles. The van der Waals surface area contributed by atoms with Crippen LogP contribution < -0.4 is 4.90 Å². The second-order valence-corrected chi connectivity index (χ2v) is 5.84. The normalized spacial score (nSPS) is 14.3. The Balaban J connectivity index is 1.94. The molecule has 130 valence electrons. The highest BCUT2D eigenvalue weighted by Gasteiger charge is 2.27. The Hall–Kier alpha value is -2.77. The van der Waals surface area contributed by atoms with Gasteiger partial charge in [-0.1, -0.05) is 0 Å². The van der Waals surface area contributed by atoms with Crippen LogP contribution in [0.3, 0.4) is 0 Å². The van der Waals surface area contributed by atoms with Crippen molar-refractivity contribution in [2.75, 3.05) is 52.2 Å². The Morgan fingerprint density at radius 1 is 0.958 bits per heavy atom. The molecule has 0 atom stereocenters. The molecule has 1 aliphatic heterocycles. The quantitative estimate of drug-likeness (QED) is 0.880. The minimum absolute atomic E-state index is 0.247. The molecule has 0 bridgehead atoms. The molecular weight excluding hydrogens is 312 g/mol. The predicted molar refractivity (Wildman–Crippen MR) is 89.4 cm³/mol. The van der Waals surface area contributed by atoms with Gasteiger partial charge >= 0.3 is 18.0 Å². The van der Waals surface area contributed by atoms with E-state index < -0.39 is 5.97 Å². The van der Waals surface area contributed by atoms with Crippen LogP contribution in [0.2, 0.25) is 0 Å². The molecule has 0 spiro atoms. The van der Waals surface area contributed by atoms with E-state index in [0.29, 0.717) is 26.2 Å². The number of nitrogens with zero attached hydrogens (tertiary/aromatic N) is 4. The Bertz CT molecular complexity index is 621. The Labute approximate surface area is 140 Å². The third kappa shape index (κ3) is 3.76. The number of benzene rings is 1. The summed E-state index contributed by atoms with van der Waals surface area (Å²) in [5, 5.41) is 8.92. The summed E-state index contributed by atoms with van der Waals surface area (Å²) in [6.45, 7) is 2.26. The summed E-state index contributed by atoms with van der Waals surface area (Å²) in [6.07, 6.45) is 0. The van der Waals surface area contributed by atoms with Crippen LogP contribution in [0.4, 0.5) is 15.3 Å². The van der Waals surface area contributed by atoms with Gasteiger partial charge in [0.25, 0.3) is 0 Å². The zero-order valence-electron chi connectivity index (χ0n) is 14.1. The fourth-order valence-electron chi connectivity index (χ4n) is 2.56. The number of imide groups is 1. The van der Waals surface area contributed by atoms with Gasteiger partial charge in [-0.25, -0.2) is 19.3 Å². The first kappa shape index (κ1) is 17.6. The number of piperazine rings is 1. The maximum Gasteiger partial charge on any atom is 0.335 e. The molecule has 8 nitrogen and oxygen atoms in total. The van der Waals surface area contributed by atoms with Crippen molar-refractivity contribution in [2.24, 2.45) is 0 Å². The summed E-state index contributed by atoms with van der Waals surface area (Å²) >= 11 is 0. The number of carboxylic acid groups (broad SMARTS) is 1. The fourth-order valence-corrected chi connectivity index (χ4v) is 2.56. The molecule has 0 aliphatic carbocycles. The molecule has 1 heterocycles. The van der Waals surface area contributed by atoms with Crippen molar-refractivity contribution in [1.82, 2.24) is 14.7 Å². The summed E-state index contributed by atoms with van der Waals surface area (Å²) in [7, 11) is 4.68. The minimum Gasteiger partial charge on any atom is -0.478 e. The van der Waals surface area contributed by atoms with Gasteiger partial charge in [0.1, 0.15) is 0 Å². The van der Waals surface area contributed by atoms with Gasteiger partial charge in [0, 0.05) is 53.0 Å². The number of urea groups is 2. The number of carboxylic acids is 1. The van der Waals surface area contributed by atoms with Crippen LogP contribution in [-0.2, 0) is 0 Å². The molecule has 1 aliphatic rings. The van der Waals surface area contributed by atoms with Crippen LogP contribution in [-0.4, -0.2) is 85.2 Å². The molecule has 24 heavy (non-hydrogen) atoms. The largest absolute Gasteiger partial charge is 0.478 e. The summed E-state index contributed by atoms with van der Waals surface area (Å²) in [4.78, 5) is 41.2. The number of carbonyl (C=O) groups is 3. The number of anilines is 1. The van der Waals surface area contributed by atoms with Gasteiger partial charge in [0.15, 0.2) is 0 Å². The van der Waals surface area contributed by atoms with Gasteiger partial charge in [-0.3, -0.25) is 0 Å². The van der Waals surface area contributed by atoms with Crippen molar-refractivity contribution in [1.29, 1.82) is 0 Å². The van der Waals surface area contributed by atoms with E-state index in [2.05, 4.69) is 4.90 Å². The first-order valence-corrected chi connectivity index (χ1v) is 7.63. The number of hydrogen-bond acceptors (Lipinski definition) is 4. The molecule has 1 aromatic rings. The fraction of sp³-hybridized carbons (Fsp3) is 0.438. The molecule has 0 saturated carbocycles. The van der Waals surface area contributed by atoms with Gasteiger partial charge < -0.3 is 19.8 Å². The summed E-state index contributed by atoms with van der Waals surface area (Å²) < 4.78 is 0. The van der Waals surface area contributed by atoms with E-state index in [1.807, 2.05) is 0 Å². The first-order chi connectivity index (χ1) is 11.3. The number of rotatable bonds is 2. The van der Waals surface area contributed by atoms with Crippen LogP contribution in [0.1, 0.15) is 10.4 Å². The van der Waals surface area contributed by atoms with Crippen molar-refractivity contribution in [2.45, 2.75) is 0 Å². The van der Waals surface area contributed by atoms with Gasteiger partial charge in [-0.2, -0.15) is 0 Å². The van der Waals surface area contributed by atoms with Crippen LogP contribution >= 0.6 is 0 Å². The van der Waals surface area contributed by atoms with E-state index in [1.165, 1.54) is 11.9 Å². The van der Waals surface area contributed by atoms with E-state index >= 15 is 0 Å². The van der Waals surface area contributed by atoms with E-state index in [0.717, 1.165) is 10.6 Å². The highest BCUT2D eigenvalue weighted by molar-refractivity contribution is 5.93. The van der Waals surface area contributed by atoms with Crippen LogP contribution in [0.15, 0.2) is 24.3 Å². The Kier molecular flexibility index (Phi) is 5.28. The van der Waals surface area contributed by atoms with Crippen molar-refractivity contribution in [3.63, 3.8) is 0 Å². The molecular formula is C16H22N4O4. The number of carbonyl (C=O) groups excluding carboxylic acids is 2. The van der Waals surface area contributed by atoms with E-state index in [9.17, 15) is 14.4 Å². The van der Waals surface area contributed by atoms with E-state index in [4.69, 9.17) is 5.11 Å². The first-order valence-electron chi connectivity index (χ1n) is 7.63. The average molecular weight is 334 g/mol. The highest BCUT2D eigenvalue weighted by atomic mass is 16.4. The minimum atomic E-state index is -0.953. The highest BCUT2D eigenvalue weighted by Crippen LogP contribution is 2.18.